The number of carboxylic acid groups (broad SMARTS) is 1. The first-order chi connectivity index (χ1) is 8.35. The molecule has 2 rings (SSSR count). The van der Waals surface area contributed by atoms with E-state index in [1.807, 2.05) is 19.9 Å². The normalized spacial score (nSPS) is 22.2. The molecule has 1 atom stereocenters. The fourth-order valence-electron chi connectivity index (χ4n) is 3.14. The molecule has 1 saturated heterocycles. The molecule has 0 bridgehead atoms. The first-order valence-corrected chi connectivity index (χ1v) is 6.42. The van der Waals surface area contributed by atoms with Gasteiger partial charge in [-0.15, -0.1) is 0 Å². The average molecular weight is 247 g/mol. The molecule has 1 heterocycles. The minimum Gasteiger partial charge on any atom is -0.481 e. The van der Waals surface area contributed by atoms with Gasteiger partial charge in [0.1, 0.15) is 0 Å². The highest BCUT2D eigenvalue weighted by Gasteiger charge is 2.46. The van der Waals surface area contributed by atoms with Crippen LogP contribution in [0.5, 0.6) is 0 Å². The van der Waals surface area contributed by atoms with Crippen molar-refractivity contribution in [2.75, 3.05) is 11.4 Å². The Labute approximate surface area is 108 Å². The van der Waals surface area contributed by atoms with E-state index in [-0.39, 0.29) is 11.5 Å². The zero-order valence-electron chi connectivity index (χ0n) is 11.5. The van der Waals surface area contributed by atoms with Gasteiger partial charge in [0.05, 0.1) is 5.92 Å². The van der Waals surface area contributed by atoms with Crippen LogP contribution >= 0.6 is 0 Å². The highest BCUT2D eigenvalue weighted by atomic mass is 16.4. The Morgan fingerprint density at radius 3 is 2.33 bits per heavy atom. The fraction of sp³-hybridized carbons (Fsp3) is 0.533. The van der Waals surface area contributed by atoms with E-state index >= 15 is 0 Å². The maximum absolute atomic E-state index is 11.3. The summed E-state index contributed by atoms with van der Waals surface area (Å²) in [5, 5.41) is 9.33. The zero-order chi connectivity index (χ0) is 13.5. The summed E-state index contributed by atoms with van der Waals surface area (Å²) in [6.07, 6.45) is 0.718. The third-order valence-corrected chi connectivity index (χ3v) is 4.20. The Morgan fingerprint density at radius 1 is 1.33 bits per heavy atom. The Bertz CT molecular complexity index is 459. The summed E-state index contributed by atoms with van der Waals surface area (Å²) in [6.45, 7) is 9.06. The number of hydrogen-bond donors (Lipinski definition) is 1. The molecule has 0 aliphatic carbocycles. The van der Waals surface area contributed by atoms with Crippen LogP contribution < -0.4 is 4.90 Å². The summed E-state index contributed by atoms with van der Waals surface area (Å²) in [6, 6.07) is 6.23. The Hall–Kier alpha value is -1.51. The Morgan fingerprint density at radius 2 is 1.89 bits per heavy atom. The molecule has 3 nitrogen and oxygen atoms in total. The second-order valence-electron chi connectivity index (χ2n) is 5.73. The number of carboxylic acids is 1. The molecular weight excluding hydrogens is 226 g/mol. The number of nitrogens with zero attached hydrogens (tertiary/aromatic N) is 1. The van der Waals surface area contributed by atoms with Gasteiger partial charge in [-0.1, -0.05) is 18.2 Å². The smallest absolute Gasteiger partial charge is 0.308 e. The minimum absolute atomic E-state index is 0.295. The van der Waals surface area contributed by atoms with Gasteiger partial charge in [0.2, 0.25) is 0 Å². The predicted octanol–water partition coefficient (Wildman–Crippen LogP) is 2.99. The minimum atomic E-state index is -0.686. The van der Waals surface area contributed by atoms with E-state index in [2.05, 4.69) is 30.9 Å². The van der Waals surface area contributed by atoms with Crippen molar-refractivity contribution in [1.82, 2.24) is 0 Å². The molecule has 98 valence electrons. The number of anilines is 1. The number of aryl methyl sites for hydroxylation is 2. The van der Waals surface area contributed by atoms with Crippen LogP contribution in [0.15, 0.2) is 18.2 Å². The molecule has 18 heavy (non-hydrogen) atoms. The summed E-state index contributed by atoms with van der Waals surface area (Å²) in [5.41, 5.74) is 3.30. The highest BCUT2D eigenvalue weighted by molar-refractivity contribution is 5.75. The van der Waals surface area contributed by atoms with Crippen molar-refractivity contribution >= 4 is 11.7 Å². The number of carbonyl (C=O) groups is 1. The summed E-state index contributed by atoms with van der Waals surface area (Å²) < 4.78 is 0. The predicted molar refractivity (Wildman–Crippen MR) is 73.1 cm³/mol. The van der Waals surface area contributed by atoms with Crippen molar-refractivity contribution in [3.8, 4) is 0 Å². The molecule has 0 aromatic heterocycles. The van der Waals surface area contributed by atoms with E-state index < -0.39 is 5.97 Å². The first-order valence-electron chi connectivity index (χ1n) is 6.42. The van der Waals surface area contributed by atoms with E-state index in [0.717, 1.165) is 13.0 Å². The molecule has 3 heteroatoms. The maximum atomic E-state index is 11.3. The topological polar surface area (TPSA) is 40.5 Å². The molecular formula is C15H21NO2. The number of rotatable bonds is 2. The van der Waals surface area contributed by atoms with E-state index in [4.69, 9.17) is 0 Å². The Balaban J connectivity index is 2.44. The second kappa shape index (κ2) is 4.30. The SMILES string of the molecule is Cc1cccc(C)c1N1CCC(C(=O)O)C1(C)C. The standard InChI is InChI=1S/C15H21NO2/c1-10-6-5-7-11(2)13(10)16-9-8-12(14(17)18)15(16,3)4/h5-7,12H,8-9H2,1-4H3,(H,17,18). The molecule has 1 unspecified atom stereocenters. The van der Waals surface area contributed by atoms with Crippen LogP contribution in [-0.2, 0) is 4.79 Å². The first kappa shape index (κ1) is 12.9. The van der Waals surface area contributed by atoms with Gasteiger partial charge in [-0.05, 0) is 45.2 Å². The van der Waals surface area contributed by atoms with Crippen LogP contribution in [0.1, 0.15) is 31.4 Å². The largest absolute Gasteiger partial charge is 0.481 e. The van der Waals surface area contributed by atoms with E-state index in [9.17, 15) is 9.90 Å². The molecule has 0 amide bonds. The lowest BCUT2D eigenvalue weighted by Gasteiger charge is -2.38. The molecule has 1 aromatic carbocycles. The zero-order valence-corrected chi connectivity index (χ0v) is 11.5. The lowest BCUT2D eigenvalue weighted by molar-refractivity contribution is -0.142. The number of para-hydroxylation sites is 1. The summed E-state index contributed by atoms with van der Waals surface area (Å²) >= 11 is 0. The van der Waals surface area contributed by atoms with Crippen LogP contribution in [0.3, 0.4) is 0 Å². The third-order valence-electron chi connectivity index (χ3n) is 4.20. The second-order valence-corrected chi connectivity index (χ2v) is 5.73. The molecule has 0 saturated carbocycles. The molecule has 0 radical (unpaired) electrons. The molecule has 0 spiro atoms. The lowest BCUT2D eigenvalue weighted by atomic mass is 9.88. The van der Waals surface area contributed by atoms with Gasteiger partial charge in [-0.2, -0.15) is 0 Å². The molecule has 1 aliphatic rings. The van der Waals surface area contributed by atoms with Crippen molar-refractivity contribution in [2.24, 2.45) is 5.92 Å². The quantitative estimate of drug-likeness (QED) is 0.873. The van der Waals surface area contributed by atoms with Crippen LogP contribution in [0.25, 0.3) is 0 Å². The van der Waals surface area contributed by atoms with Crippen molar-refractivity contribution < 1.29 is 9.90 Å². The van der Waals surface area contributed by atoms with Gasteiger partial charge in [0, 0.05) is 17.8 Å². The molecule has 1 N–H and O–H groups in total. The maximum Gasteiger partial charge on any atom is 0.308 e. The summed E-state index contributed by atoms with van der Waals surface area (Å²) in [4.78, 5) is 13.6. The van der Waals surface area contributed by atoms with Gasteiger partial charge >= 0.3 is 5.97 Å². The molecule has 1 aromatic rings. The van der Waals surface area contributed by atoms with E-state index in [0.29, 0.717) is 0 Å². The Kier molecular flexibility index (Phi) is 3.09. The van der Waals surface area contributed by atoms with Crippen molar-refractivity contribution in [3.05, 3.63) is 29.3 Å². The van der Waals surface area contributed by atoms with E-state index in [1.165, 1.54) is 16.8 Å². The monoisotopic (exact) mass is 247 g/mol. The lowest BCUT2D eigenvalue weighted by Crippen LogP contribution is -2.45. The third kappa shape index (κ3) is 1.88. The van der Waals surface area contributed by atoms with Crippen LogP contribution in [0.2, 0.25) is 0 Å². The summed E-state index contributed by atoms with van der Waals surface area (Å²) in [7, 11) is 0. The van der Waals surface area contributed by atoms with Gasteiger partial charge in [-0.25, -0.2) is 0 Å². The van der Waals surface area contributed by atoms with Crippen LogP contribution in [-0.4, -0.2) is 23.2 Å². The van der Waals surface area contributed by atoms with Gasteiger partial charge in [0.15, 0.2) is 0 Å². The van der Waals surface area contributed by atoms with Gasteiger partial charge in [-0.3, -0.25) is 4.79 Å². The number of hydrogen-bond acceptors (Lipinski definition) is 2. The number of benzene rings is 1. The van der Waals surface area contributed by atoms with Crippen molar-refractivity contribution in [2.45, 2.75) is 39.7 Å². The average Bonchev–Trinajstić information content (AvgIpc) is 2.54. The van der Waals surface area contributed by atoms with Gasteiger partial charge in [0.25, 0.3) is 0 Å². The van der Waals surface area contributed by atoms with Gasteiger partial charge < -0.3 is 10.0 Å². The fourth-order valence-corrected chi connectivity index (χ4v) is 3.14. The van der Waals surface area contributed by atoms with E-state index in [1.54, 1.807) is 0 Å². The van der Waals surface area contributed by atoms with Crippen molar-refractivity contribution in [3.63, 3.8) is 0 Å². The van der Waals surface area contributed by atoms with Crippen molar-refractivity contribution in [1.29, 1.82) is 0 Å². The number of aliphatic carboxylic acids is 1. The molecule has 1 aliphatic heterocycles. The summed E-state index contributed by atoms with van der Waals surface area (Å²) in [5.74, 6) is -0.981. The van der Waals surface area contributed by atoms with Crippen LogP contribution in [0.4, 0.5) is 5.69 Å². The molecule has 1 fully saturated rings. The highest BCUT2D eigenvalue weighted by Crippen LogP contribution is 2.40. The van der Waals surface area contributed by atoms with Crippen LogP contribution in [0, 0.1) is 19.8 Å².